The lowest BCUT2D eigenvalue weighted by atomic mass is 10.0. The van der Waals surface area contributed by atoms with Gasteiger partial charge in [0.05, 0.1) is 0 Å². The Morgan fingerprint density at radius 3 is 2.12 bits per heavy atom. The first-order valence-corrected chi connectivity index (χ1v) is 6.79. The van der Waals surface area contributed by atoms with Gasteiger partial charge in [0.25, 0.3) is 0 Å². The normalized spacial score (nSPS) is 11.1. The van der Waals surface area contributed by atoms with Crippen LogP contribution in [0.25, 0.3) is 0 Å². The van der Waals surface area contributed by atoms with Gasteiger partial charge in [0.2, 0.25) is 5.91 Å². The summed E-state index contributed by atoms with van der Waals surface area (Å²) in [5, 5.41) is 2.97. The number of rotatable bonds is 9. The lowest BCUT2D eigenvalue weighted by Gasteiger charge is -2.07. The van der Waals surface area contributed by atoms with Crippen molar-refractivity contribution >= 4 is 5.91 Å². The summed E-state index contributed by atoms with van der Waals surface area (Å²) >= 11 is 0. The maximum absolute atomic E-state index is 11.3. The monoisotopic (exact) mass is 227 g/mol. The van der Waals surface area contributed by atoms with Crippen molar-refractivity contribution in [3.63, 3.8) is 0 Å². The molecule has 0 aromatic rings. The van der Waals surface area contributed by atoms with Crippen LogP contribution in [0.3, 0.4) is 0 Å². The molecule has 0 spiro atoms. The van der Waals surface area contributed by atoms with Crippen molar-refractivity contribution in [1.82, 2.24) is 5.32 Å². The zero-order valence-electron chi connectivity index (χ0n) is 11.5. The molecular formula is C14H29NO. The number of unbranched alkanes of at least 4 members (excludes halogenated alkanes) is 3. The second-order valence-electron chi connectivity index (χ2n) is 5.54. The average molecular weight is 227 g/mol. The Labute approximate surface area is 101 Å². The van der Waals surface area contributed by atoms with E-state index in [1.54, 1.807) is 0 Å². The van der Waals surface area contributed by atoms with Gasteiger partial charge in [-0.2, -0.15) is 0 Å². The average Bonchev–Trinajstić information content (AvgIpc) is 2.14. The summed E-state index contributed by atoms with van der Waals surface area (Å²) in [5.74, 6) is 1.49. The minimum Gasteiger partial charge on any atom is -0.356 e. The second-order valence-corrected chi connectivity index (χ2v) is 5.54. The van der Waals surface area contributed by atoms with Crippen LogP contribution in [0.1, 0.15) is 66.2 Å². The molecule has 0 bridgehead atoms. The first kappa shape index (κ1) is 15.5. The maximum Gasteiger partial charge on any atom is 0.220 e. The van der Waals surface area contributed by atoms with E-state index in [0.717, 1.165) is 18.9 Å². The molecule has 0 aliphatic rings. The summed E-state index contributed by atoms with van der Waals surface area (Å²) in [6.07, 6.45) is 7.00. The Balaban J connectivity index is 3.18. The number of hydrogen-bond acceptors (Lipinski definition) is 1. The summed E-state index contributed by atoms with van der Waals surface area (Å²) in [4.78, 5) is 11.3. The molecular weight excluding hydrogens is 198 g/mol. The molecule has 0 aromatic carbocycles. The Morgan fingerprint density at radius 1 is 0.938 bits per heavy atom. The first-order chi connectivity index (χ1) is 7.52. The fourth-order valence-corrected chi connectivity index (χ4v) is 1.70. The molecule has 2 heteroatoms. The minimum atomic E-state index is 0.206. The van der Waals surface area contributed by atoms with Crippen molar-refractivity contribution in [1.29, 1.82) is 0 Å². The third-order valence-corrected chi connectivity index (χ3v) is 2.62. The molecule has 1 amide bonds. The summed E-state index contributed by atoms with van der Waals surface area (Å²) in [7, 11) is 0. The van der Waals surface area contributed by atoms with Crippen LogP contribution in [0.5, 0.6) is 0 Å². The molecule has 0 saturated heterocycles. The number of hydrogen-bond donors (Lipinski definition) is 1. The smallest absolute Gasteiger partial charge is 0.220 e. The molecule has 0 aromatic heterocycles. The van der Waals surface area contributed by atoms with Gasteiger partial charge in [-0.25, -0.2) is 0 Å². The van der Waals surface area contributed by atoms with Gasteiger partial charge >= 0.3 is 0 Å². The van der Waals surface area contributed by atoms with Crippen LogP contribution >= 0.6 is 0 Å². The fourth-order valence-electron chi connectivity index (χ4n) is 1.70. The molecule has 1 N–H and O–H groups in total. The topological polar surface area (TPSA) is 29.1 Å². The number of nitrogens with one attached hydrogen (secondary N) is 1. The highest BCUT2D eigenvalue weighted by Gasteiger charge is 2.03. The summed E-state index contributed by atoms with van der Waals surface area (Å²) in [5.41, 5.74) is 0. The van der Waals surface area contributed by atoms with Crippen molar-refractivity contribution in [2.45, 2.75) is 66.2 Å². The quantitative estimate of drug-likeness (QED) is 0.597. The minimum absolute atomic E-state index is 0.206. The summed E-state index contributed by atoms with van der Waals surface area (Å²) in [6, 6.07) is 0. The van der Waals surface area contributed by atoms with E-state index in [1.807, 2.05) is 0 Å². The molecule has 96 valence electrons. The zero-order chi connectivity index (χ0) is 12.4. The van der Waals surface area contributed by atoms with Gasteiger partial charge in [-0.3, -0.25) is 4.79 Å². The highest BCUT2D eigenvalue weighted by Crippen LogP contribution is 2.09. The van der Waals surface area contributed by atoms with Gasteiger partial charge in [0.15, 0.2) is 0 Å². The summed E-state index contributed by atoms with van der Waals surface area (Å²) in [6.45, 7) is 9.54. The van der Waals surface area contributed by atoms with Gasteiger partial charge in [-0.1, -0.05) is 53.4 Å². The van der Waals surface area contributed by atoms with Crippen LogP contribution in [-0.4, -0.2) is 12.5 Å². The first-order valence-electron chi connectivity index (χ1n) is 6.79. The Bertz CT molecular complexity index is 176. The lowest BCUT2D eigenvalue weighted by Crippen LogP contribution is -2.25. The van der Waals surface area contributed by atoms with Crippen LogP contribution in [0.15, 0.2) is 0 Å². The standard InChI is InChI=1S/C14H29NO/c1-12(2)9-7-5-6-8-10-15-14(16)11-13(3)4/h12-13H,5-11H2,1-4H3,(H,15,16). The van der Waals surface area contributed by atoms with Crippen molar-refractivity contribution in [2.24, 2.45) is 11.8 Å². The summed E-state index contributed by atoms with van der Waals surface area (Å²) < 4.78 is 0. The lowest BCUT2D eigenvalue weighted by molar-refractivity contribution is -0.121. The van der Waals surface area contributed by atoms with Crippen molar-refractivity contribution in [3.8, 4) is 0 Å². The SMILES string of the molecule is CC(C)CCCCCCNC(=O)CC(C)C. The van der Waals surface area contributed by atoms with Crippen LogP contribution in [-0.2, 0) is 4.79 Å². The third kappa shape index (κ3) is 11.5. The Hall–Kier alpha value is -0.530. The number of carbonyl (C=O) groups is 1. The van der Waals surface area contributed by atoms with E-state index >= 15 is 0 Å². The maximum atomic E-state index is 11.3. The second kappa shape index (κ2) is 9.68. The van der Waals surface area contributed by atoms with Gasteiger partial charge in [0, 0.05) is 13.0 Å². The van der Waals surface area contributed by atoms with Crippen molar-refractivity contribution in [2.75, 3.05) is 6.54 Å². The number of amides is 1. The molecule has 0 radical (unpaired) electrons. The third-order valence-electron chi connectivity index (χ3n) is 2.62. The highest BCUT2D eigenvalue weighted by molar-refractivity contribution is 5.75. The Morgan fingerprint density at radius 2 is 1.56 bits per heavy atom. The predicted molar refractivity (Wildman–Crippen MR) is 70.4 cm³/mol. The van der Waals surface area contributed by atoms with Crippen LogP contribution in [0, 0.1) is 11.8 Å². The highest BCUT2D eigenvalue weighted by atomic mass is 16.1. The predicted octanol–water partition coefficient (Wildman–Crippen LogP) is 3.76. The van der Waals surface area contributed by atoms with E-state index in [0.29, 0.717) is 12.3 Å². The molecule has 0 unspecified atom stereocenters. The molecule has 0 aliphatic carbocycles. The van der Waals surface area contributed by atoms with E-state index < -0.39 is 0 Å². The molecule has 0 rings (SSSR count). The van der Waals surface area contributed by atoms with Gasteiger partial charge in [-0.05, 0) is 18.3 Å². The van der Waals surface area contributed by atoms with E-state index in [2.05, 4.69) is 33.0 Å². The molecule has 0 aliphatic heterocycles. The van der Waals surface area contributed by atoms with Crippen LogP contribution in [0.2, 0.25) is 0 Å². The van der Waals surface area contributed by atoms with Crippen LogP contribution < -0.4 is 5.32 Å². The van der Waals surface area contributed by atoms with Gasteiger partial charge in [0.1, 0.15) is 0 Å². The van der Waals surface area contributed by atoms with Crippen LogP contribution in [0.4, 0.5) is 0 Å². The van der Waals surface area contributed by atoms with Gasteiger partial charge in [-0.15, -0.1) is 0 Å². The molecule has 0 fully saturated rings. The van der Waals surface area contributed by atoms with E-state index in [4.69, 9.17) is 0 Å². The molecule has 2 nitrogen and oxygen atoms in total. The molecule has 0 heterocycles. The van der Waals surface area contributed by atoms with Crippen molar-refractivity contribution < 1.29 is 4.79 Å². The Kier molecular flexibility index (Phi) is 9.36. The molecule has 0 saturated carbocycles. The number of carbonyl (C=O) groups excluding carboxylic acids is 1. The molecule has 16 heavy (non-hydrogen) atoms. The van der Waals surface area contributed by atoms with E-state index in [1.165, 1.54) is 25.7 Å². The van der Waals surface area contributed by atoms with E-state index in [-0.39, 0.29) is 5.91 Å². The van der Waals surface area contributed by atoms with Crippen molar-refractivity contribution in [3.05, 3.63) is 0 Å². The fraction of sp³-hybridized carbons (Fsp3) is 0.929. The molecule has 0 atom stereocenters. The zero-order valence-corrected chi connectivity index (χ0v) is 11.5. The largest absolute Gasteiger partial charge is 0.356 e. The van der Waals surface area contributed by atoms with E-state index in [9.17, 15) is 4.79 Å². The van der Waals surface area contributed by atoms with Gasteiger partial charge < -0.3 is 5.32 Å².